The Hall–Kier alpha value is -3.97. The predicted octanol–water partition coefficient (Wildman–Crippen LogP) is 4.70. The Morgan fingerprint density at radius 3 is 2.39 bits per heavy atom. The Morgan fingerprint density at radius 2 is 1.64 bits per heavy atom. The van der Waals surface area contributed by atoms with E-state index in [0.717, 1.165) is 27.7 Å². The number of hydrogen-bond acceptors (Lipinski definition) is 3. The SMILES string of the molecule is N#Cc1ccc(CNC(=O)c2cc(-c3ccccc3)nc3ccccc23)cc1. The number of carbonyl (C=O) groups is 1. The lowest BCUT2D eigenvalue weighted by Gasteiger charge is -2.11. The summed E-state index contributed by atoms with van der Waals surface area (Å²) in [5, 5.41) is 12.7. The van der Waals surface area contributed by atoms with E-state index < -0.39 is 0 Å². The molecular formula is C24H17N3O. The number of aromatic nitrogens is 1. The second-order valence-electron chi connectivity index (χ2n) is 6.43. The average molecular weight is 363 g/mol. The molecule has 4 heteroatoms. The quantitative estimate of drug-likeness (QED) is 0.571. The van der Waals surface area contributed by atoms with Gasteiger partial charge in [0.1, 0.15) is 0 Å². The Morgan fingerprint density at radius 1 is 0.929 bits per heavy atom. The van der Waals surface area contributed by atoms with Crippen LogP contribution in [-0.2, 0) is 6.54 Å². The molecule has 0 spiro atoms. The number of amides is 1. The maximum Gasteiger partial charge on any atom is 0.252 e. The molecule has 1 aromatic heterocycles. The second kappa shape index (κ2) is 7.73. The maximum absolute atomic E-state index is 12.9. The summed E-state index contributed by atoms with van der Waals surface area (Å²) in [6.07, 6.45) is 0. The topological polar surface area (TPSA) is 65.8 Å². The fourth-order valence-electron chi connectivity index (χ4n) is 3.09. The van der Waals surface area contributed by atoms with Gasteiger partial charge >= 0.3 is 0 Å². The number of nitrogens with one attached hydrogen (secondary N) is 1. The molecule has 0 unspecified atom stereocenters. The number of benzene rings is 3. The van der Waals surface area contributed by atoms with Crippen LogP contribution in [-0.4, -0.2) is 10.9 Å². The van der Waals surface area contributed by atoms with Crippen LogP contribution in [0.15, 0.2) is 84.9 Å². The molecule has 0 aliphatic carbocycles. The highest BCUT2D eigenvalue weighted by Crippen LogP contribution is 2.24. The third-order valence-electron chi connectivity index (χ3n) is 4.57. The van der Waals surface area contributed by atoms with Gasteiger partial charge in [-0.3, -0.25) is 4.79 Å². The molecule has 0 aliphatic heterocycles. The summed E-state index contributed by atoms with van der Waals surface area (Å²) in [5.74, 6) is -0.153. The molecule has 0 atom stereocenters. The average Bonchev–Trinajstić information content (AvgIpc) is 2.77. The lowest BCUT2D eigenvalue weighted by Crippen LogP contribution is -2.23. The Balaban J connectivity index is 1.66. The molecule has 1 heterocycles. The van der Waals surface area contributed by atoms with Crippen LogP contribution < -0.4 is 5.32 Å². The number of nitriles is 1. The van der Waals surface area contributed by atoms with Crippen molar-refractivity contribution in [1.29, 1.82) is 5.26 Å². The van der Waals surface area contributed by atoms with E-state index in [9.17, 15) is 4.79 Å². The minimum absolute atomic E-state index is 0.153. The van der Waals surface area contributed by atoms with Crippen LogP contribution in [0.5, 0.6) is 0 Å². The fraction of sp³-hybridized carbons (Fsp3) is 0.0417. The second-order valence-corrected chi connectivity index (χ2v) is 6.43. The van der Waals surface area contributed by atoms with Gasteiger partial charge in [-0.2, -0.15) is 5.26 Å². The van der Waals surface area contributed by atoms with Crippen LogP contribution in [0.2, 0.25) is 0 Å². The third kappa shape index (κ3) is 3.60. The highest BCUT2D eigenvalue weighted by Gasteiger charge is 2.13. The number of carbonyl (C=O) groups excluding carboxylic acids is 1. The molecule has 0 fully saturated rings. The first-order valence-corrected chi connectivity index (χ1v) is 8.97. The van der Waals surface area contributed by atoms with Crippen LogP contribution in [0.4, 0.5) is 0 Å². The first-order chi connectivity index (χ1) is 13.7. The number of rotatable bonds is 4. The molecule has 1 N–H and O–H groups in total. The summed E-state index contributed by atoms with van der Waals surface area (Å²) < 4.78 is 0. The van der Waals surface area contributed by atoms with E-state index in [4.69, 9.17) is 10.2 Å². The summed E-state index contributed by atoms with van der Waals surface area (Å²) in [6, 6.07) is 28.6. The van der Waals surface area contributed by atoms with Gasteiger partial charge in [-0.25, -0.2) is 4.98 Å². The van der Waals surface area contributed by atoms with Crippen molar-refractivity contribution >= 4 is 16.8 Å². The largest absolute Gasteiger partial charge is 0.348 e. The summed E-state index contributed by atoms with van der Waals surface area (Å²) in [7, 11) is 0. The van der Waals surface area contributed by atoms with Gasteiger partial charge in [0, 0.05) is 17.5 Å². The van der Waals surface area contributed by atoms with E-state index in [2.05, 4.69) is 11.4 Å². The molecule has 28 heavy (non-hydrogen) atoms. The van der Waals surface area contributed by atoms with Crippen molar-refractivity contribution in [3.8, 4) is 17.3 Å². The Kier molecular flexibility index (Phi) is 4.81. The number of pyridine rings is 1. The third-order valence-corrected chi connectivity index (χ3v) is 4.57. The number of nitrogens with zero attached hydrogens (tertiary/aromatic N) is 2. The molecule has 3 aromatic carbocycles. The summed E-state index contributed by atoms with van der Waals surface area (Å²) >= 11 is 0. The van der Waals surface area contributed by atoms with Gasteiger partial charge in [-0.05, 0) is 29.8 Å². The minimum atomic E-state index is -0.153. The summed E-state index contributed by atoms with van der Waals surface area (Å²) in [6.45, 7) is 0.391. The van der Waals surface area contributed by atoms with Crippen LogP contribution in [0.3, 0.4) is 0 Å². The van der Waals surface area contributed by atoms with Gasteiger partial charge in [0.15, 0.2) is 0 Å². The van der Waals surface area contributed by atoms with Gasteiger partial charge in [-0.15, -0.1) is 0 Å². The molecule has 134 valence electrons. The zero-order chi connectivity index (χ0) is 19.3. The van der Waals surface area contributed by atoms with Crippen molar-refractivity contribution in [2.45, 2.75) is 6.54 Å². The molecule has 0 radical (unpaired) electrons. The zero-order valence-corrected chi connectivity index (χ0v) is 15.1. The highest BCUT2D eigenvalue weighted by atomic mass is 16.1. The van der Waals surface area contributed by atoms with Crippen LogP contribution in [0.25, 0.3) is 22.2 Å². The van der Waals surface area contributed by atoms with E-state index in [-0.39, 0.29) is 5.91 Å². The molecular weight excluding hydrogens is 346 g/mol. The lowest BCUT2D eigenvalue weighted by atomic mass is 10.0. The maximum atomic E-state index is 12.9. The van der Waals surface area contributed by atoms with Crippen LogP contribution >= 0.6 is 0 Å². The van der Waals surface area contributed by atoms with Crippen molar-refractivity contribution < 1.29 is 4.79 Å². The van der Waals surface area contributed by atoms with Gasteiger partial charge in [0.25, 0.3) is 5.91 Å². The van der Waals surface area contributed by atoms with E-state index in [0.29, 0.717) is 17.7 Å². The highest BCUT2D eigenvalue weighted by molar-refractivity contribution is 6.07. The molecule has 0 bridgehead atoms. The number of hydrogen-bond donors (Lipinski definition) is 1. The Bertz CT molecular complexity index is 1180. The summed E-state index contributed by atoms with van der Waals surface area (Å²) in [5.41, 5.74) is 4.65. The van der Waals surface area contributed by atoms with Crippen molar-refractivity contribution in [1.82, 2.24) is 10.3 Å². The zero-order valence-electron chi connectivity index (χ0n) is 15.1. The van der Waals surface area contributed by atoms with Crippen molar-refractivity contribution in [2.24, 2.45) is 0 Å². The minimum Gasteiger partial charge on any atom is -0.348 e. The first kappa shape index (κ1) is 17.4. The van der Waals surface area contributed by atoms with Crippen molar-refractivity contribution in [3.05, 3.63) is 102 Å². The molecule has 4 aromatic rings. The first-order valence-electron chi connectivity index (χ1n) is 8.97. The van der Waals surface area contributed by atoms with E-state index >= 15 is 0 Å². The van der Waals surface area contributed by atoms with Gasteiger partial charge in [-0.1, -0.05) is 60.7 Å². The fourth-order valence-corrected chi connectivity index (χ4v) is 3.09. The summed E-state index contributed by atoms with van der Waals surface area (Å²) in [4.78, 5) is 17.7. The molecule has 0 saturated carbocycles. The normalized spacial score (nSPS) is 10.4. The van der Waals surface area contributed by atoms with Crippen molar-refractivity contribution in [2.75, 3.05) is 0 Å². The van der Waals surface area contributed by atoms with E-state index in [1.807, 2.05) is 72.8 Å². The molecule has 1 amide bonds. The molecule has 0 aliphatic rings. The Labute approximate surface area is 163 Å². The van der Waals surface area contributed by atoms with Crippen LogP contribution in [0.1, 0.15) is 21.5 Å². The standard InChI is InChI=1S/C24H17N3O/c25-15-17-10-12-18(13-11-17)16-26-24(28)21-14-23(19-6-2-1-3-7-19)27-22-9-5-4-8-20(21)22/h1-14H,16H2,(H,26,28). The van der Waals surface area contributed by atoms with Crippen LogP contribution in [0, 0.1) is 11.3 Å². The van der Waals surface area contributed by atoms with E-state index in [1.165, 1.54) is 0 Å². The molecule has 4 nitrogen and oxygen atoms in total. The van der Waals surface area contributed by atoms with Crippen molar-refractivity contribution in [3.63, 3.8) is 0 Å². The van der Waals surface area contributed by atoms with Gasteiger partial charge in [0.2, 0.25) is 0 Å². The van der Waals surface area contributed by atoms with Gasteiger partial charge < -0.3 is 5.32 Å². The smallest absolute Gasteiger partial charge is 0.252 e. The van der Waals surface area contributed by atoms with E-state index in [1.54, 1.807) is 12.1 Å². The van der Waals surface area contributed by atoms with Gasteiger partial charge in [0.05, 0.1) is 28.4 Å². The number of fused-ring (bicyclic) bond motifs is 1. The molecule has 0 saturated heterocycles. The molecule has 4 rings (SSSR count). The lowest BCUT2D eigenvalue weighted by molar-refractivity contribution is 0.0952. The predicted molar refractivity (Wildman–Crippen MR) is 110 cm³/mol. The number of para-hydroxylation sites is 1. The monoisotopic (exact) mass is 363 g/mol.